The predicted octanol–water partition coefficient (Wildman–Crippen LogP) is 2.28. The second kappa shape index (κ2) is 12.2. The van der Waals surface area contributed by atoms with Crippen molar-refractivity contribution in [2.75, 3.05) is 55.7 Å². The molecule has 10 heteroatoms. The van der Waals surface area contributed by atoms with Gasteiger partial charge in [0.1, 0.15) is 6.54 Å². The van der Waals surface area contributed by atoms with Crippen molar-refractivity contribution in [3.8, 4) is 0 Å². The molecule has 0 unspecified atom stereocenters. The molecule has 1 saturated heterocycles. The molecule has 0 spiro atoms. The molecule has 0 aromatic heterocycles. The van der Waals surface area contributed by atoms with Crippen LogP contribution in [-0.2, 0) is 25.3 Å². The number of ether oxygens (including phenoxy) is 1. The van der Waals surface area contributed by atoms with Crippen LogP contribution in [0.15, 0.2) is 48.5 Å². The highest BCUT2D eigenvalue weighted by molar-refractivity contribution is 7.98. The average molecular weight is 506 g/mol. The Kier molecular flexibility index (Phi) is 9.37. The number of morpholine rings is 1. The lowest BCUT2D eigenvalue weighted by Gasteiger charge is -2.27. The van der Waals surface area contributed by atoms with E-state index < -0.39 is 10.0 Å². The van der Waals surface area contributed by atoms with E-state index in [0.717, 1.165) is 22.1 Å². The van der Waals surface area contributed by atoms with Gasteiger partial charge in [0.15, 0.2) is 0 Å². The van der Waals surface area contributed by atoms with E-state index in [9.17, 15) is 18.0 Å². The second-order valence-electron chi connectivity index (χ2n) is 8.05. The van der Waals surface area contributed by atoms with Gasteiger partial charge in [-0.05, 0) is 42.3 Å². The first-order valence-corrected chi connectivity index (χ1v) is 14.1. The third-order valence-electron chi connectivity index (χ3n) is 5.48. The van der Waals surface area contributed by atoms with Crippen molar-refractivity contribution in [3.63, 3.8) is 0 Å². The molecular weight excluding hydrogens is 474 g/mol. The molecule has 0 radical (unpaired) electrons. The Morgan fingerprint density at radius 2 is 1.76 bits per heavy atom. The molecule has 0 saturated carbocycles. The van der Waals surface area contributed by atoms with Crippen LogP contribution in [0.2, 0.25) is 0 Å². The Hall–Kier alpha value is -2.56. The number of amides is 2. The van der Waals surface area contributed by atoms with Crippen LogP contribution < -0.4 is 9.62 Å². The van der Waals surface area contributed by atoms with Crippen LogP contribution in [0.1, 0.15) is 21.5 Å². The van der Waals surface area contributed by atoms with Gasteiger partial charge in [0, 0.05) is 36.7 Å². The summed E-state index contributed by atoms with van der Waals surface area (Å²) >= 11 is 1.71. The fourth-order valence-corrected chi connectivity index (χ4v) is 5.31. The number of nitrogens with zero attached hydrogens (tertiary/aromatic N) is 2. The summed E-state index contributed by atoms with van der Waals surface area (Å²) in [5, 5.41) is 2.79. The standard InChI is InChI=1S/C24H31N3O5S2/c1-19-5-3-4-6-21(19)18-33-16-11-25-23(28)17-27(34(2,30)31)22-9-7-20(8-10-22)24(29)26-12-14-32-15-13-26/h3-10H,11-18H2,1-2H3,(H,25,28). The Bertz CT molecular complexity index is 1080. The highest BCUT2D eigenvalue weighted by Gasteiger charge is 2.22. The molecule has 1 fully saturated rings. The summed E-state index contributed by atoms with van der Waals surface area (Å²) in [4.78, 5) is 26.8. The molecule has 1 aliphatic heterocycles. The summed E-state index contributed by atoms with van der Waals surface area (Å²) in [5.74, 6) is 1.07. The average Bonchev–Trinajstić information content (AvgIpc) is 2.83. The summed E-state index contributed by atoms with van der Waals surface area (Å²) in [6.45, 7) is 4.26. The van der Waals surface area contributed by atoms with Crippen molar-refractivity contribution in [2.24, 2.45) is 0 Å². The van der Waals surface area contributed by atoms with Gasteiger partial charge in [0.2, 0.25) is 15.9 Å². The van der Waals surface area contributed by atoms with Gasteiger partial charge in [0.05, 0.1) is 25.2 Å². The zero-order chi connectivity index (χ0) is 24.6. The van der Waals surface area contributed by atoms with Crippen LogP contribution in [0.5, 0.6) is 0 Å². The summed E-state index contributed by atoms with van der Waals surface area (Å²) in [7, 11) is -3.69. The van der Waals surface area contributed by atoms with Crippen molar-refractivity contribution >= 4 is 39.3 Å². The minimum Gasteiger partial charge on any atom is -0.378 e. The van der Waals surface area contributed by atoms with E-state index in [1.165, 1.54) is 11.1 Å². The van der Waals surface area contributed by atoms with Gasteiger partial charge in [-0.1, -0.05) is 24.3 Å². The van der Waals surface area contributed by atoms with E-state index in [4.69, 9.17) is 4.74 Å². The number of rotatable bonds is 10. The minimum absolute atomic E-state index is 0.123. The minimum atomic E-state index is -3.69. The SMILES string of the molecule is Cc1ccccc1CSCCNC(=O)CN(c1ccc(C(=O)N2CCOCC2)cc1)S(C)(=O)=O. The van der Waals surface area contributed by atoms with E-state index in [1.54, 1.807) is 40.9 Å². The second-order valence-corrected chi connectivity index (χ2v) is 11.1. The van der Waals surface area contributed by atoms with Crippen LogP contribution in [0.25, 0.3) is 0 Å². The van der Waals surface area contributed by atoms with Crippen molar-refractivity contribution in [3.05, 3.63) is 65.2 Å². The molecule has 0 atom stereocenters. The Morgan fingerprint density at radius 3 is 2.41 bits per heavy atom. The number of benzene rings is 2. The van der Waals surface area contributed by atoms with Crippen molar-refractivity contribution in [1.29, 1.82) is 0 Å². The number of aryl methyl sites for hydroxylation is 1. The van der Waals surface area contributed by atoms with E-state index in [0.29, 0.717) is 44.1 Å². The quantitative estimate of drug-likeness (QED) is 0.498. The lowest BCUT2D eigenvalue weighted by atomic mass is 10.1. The summed E-state index contributed by atoms with van der Waals surface area (Å²) < 4.78 is 31.0. The first kappa shape index (κ1) is 26.1. The number of hydrogen-bond donors (Lipinski definition) is 1. The number of nitrogens with one attached hydrogen (secondary N) is 1. The normalized spacial score (nSPS) is 14.0. The third kappa shape index (κ3) is 7.48. The van der Waals surface area contributed by atoms with Gasteiger partial charge in [-0.3, -0.25) is 13.9 Å². The van der Waals surface area contributed by atoms with Gasteiger partial charge in [-0.2, -0.15) is 11.8 Å². The molecule has 0 aliphatic carbocycles. The first-order chi connectivity index (χ1) is 16.3. The van der Waals surface area contributed by atoms with Gasteiger partial charge >= 0.3 is 0 Å². The largest absolute Gasteiger partial charge is 0.378 e. The number of carbonyl (C=O) groups is 2. The maximum atomic E-state index is 12.6. The van der Waals surface area contributed by atoms with Gasteiger partial charge < -0.3 is 15.0 Å². The maximum Gasteiger partial charge on any atom is 0.254 e. The highest BCUT2D eigenvalue weighted by Crippen LogP contribution is 2.19. The topological polar surface area (TPSA) is 96.0 Å². The number of sulfonamides is 1. The monoisotopic (exact) mass is 505 g/mol. The Labute approximate surface area is 205 Å². The summed E-state index contributed by atoms with van der Waals surface area (Å²) in [5.41, 5.74) is 3.30. The number of carbonyl (C=O) groups excluding carboxylic acids is 2. The molecule has 0 bridgehead atoms. The predicted molar refractivity (Wildman–Crippen MR) is 136 cm³/mol. The van der Waals surface area contributed by atoms with Gasteiger partial charge in [0.25, 0.3) is 5.91 Å². The summed E-state index contributed by atoms with van der Waals surface area (Å²) in [6.07, 6.45) is 1.06. The van der Waals surface area contributed by atoms with Crippen molar-refractivity contribution in [2.45, 2.75) is 12.7 Å². The van der Waals surface area contributed by atoms with Crippen molar-refractivity contribution < 1.29 is 22.7 Å². The van der Waals surface area contributed by atoms with Crippen LogP contribution in [0.3, 0.4) is 0 Å². The summed E-state index contributed by atoms with van der Waals surface area (Å²) in [6, 6.07) is 14.5. The van der Waals surface area contributed by atoms with Crippen LogP contribution >= 0.6 is 11.8 Å². The maximum absolute atomic E-state index is 12.6. The zero-order valence-electron chi connectivity index (χ0n) is 19.5. The molecule has 8 nitrogen and oxygen atoms in total. The van der Waals surface area contributed by atoms with E-state index in [1.807, 2.05) is 12.1 Å². The number of anilines is 1. The lowest BCUT2D eigenvalue weighted by Crippen LogP contribution is -2.41. The molecule has 2 aromatic carbocycles. The third-order valence-corrected chi connectivity index (χ3v) is 7.62. The molecule has 3 rings (SSSR count). The fraction of sp³-hybridized carbons (Fsp3) is 0.417. The number of thioether (sulfide) groups is 1. The van der Waals surface area contributed by atoms with E-state index in [2.05, 4.69) is 24.4 Å². The molecule has 34 heavy (non-hydrogen) atoms. The first-order valence-electron chi connectivity index (χ1n) is 11.1. The molecule has 2 amide bonds. The van der Waals surface area contributed by atoms with Crippen molar-refractivity contribution in [1.82, 2.24) is 10.2 Å². The molecule has 1 aliphatic rings. The Balaban J connectivity index is 1.52. The smallest absolute Gasteiger partial charge is 0.254 e. The zero-order valence-corrected chi connectivity index (χ0v) is 21.2. The fourth-order valence-electron chi connectivity index (χ4n) is 3.52. The highest BCUT2D eigenvalue weighted by atomic mass is 32.2. The molecule has 2 aromatic rings. The van der Waals surface area contributed by atoms with Crippen LogP contribution in [0.4, 0.5) is 5.69 Å². The van der Waals surface area contributed by atoms with Gasteiger partial charge in [-0.25, -0.2) is 8.42 Å². The molecule has 1 N–H and O–H groups in total. The van der Waals surface area contributed by atoms with E-state index >= 15 is 0 Å². The lowest BCUT2D eigenvalue weighted by molar-refractivity contribution is -0.119. The van der Waals surface area contributed by atoms with Crippen LogP contribution in [-0.4, -0.2) is 76.5 Å². The van der Waals surface area contributed by atoms with Gasteiger partial charge in [-0.15, -0.1) is 0 Å². The van der Waals surface area contributed by atoms with E-state index in [-0.39, 0.29) is 18.4 Å². The van der Waals surface area contributed by atoms with Crippen LogP contribution in [0, 0.1) is 6.92 Å². The Morgan fingerprint density at radius 1 is 1.09 bits per heavy atom. The number of hydrogen-bond acceptors (Lipinski definition) is 6. The molecule has 1 heterocycles. The molecular formula is C24H31N3O5S2. The molecule has 184 valence electrons.